The number of furan rings is 1. The minimum absolute atomic E-state index is 0.212. The summed E-state index contributed by atoms with van der Waals surface area (Å²) in [5, 5.41) is 10.2. The molecular weight excluding hydrogens is 358 g/mol. The molecule has 0 aromatic carbocycles. The first kappa shape index (κ1) is 19.9. The minimum atomic E-state index is 0.212. The Kier molecular flexibility index (Phi) is 7.71. The summed E-state index contributed by atoms with van der Waals surface area (Å²) in [6, 6.07) is 4.24. The van der Waals surface area contributed by atoms with Gasteiger partial charge in [0.2, 0.25) is 0 Å². The molecule has 7 heteroatoms. The molecule has 1 fully saturated rings. The zero-order valence-electron chi connectivity index (χ0n) is 16.4. The first-order valence-electron chi connectivity index (χ1n) is 10.0. The van der Waals surface area contributed by atoms with E-state index in [1.165, 1.54) is 17.8 Å². The van der Waals surface area contributed by atoms with Gasteiger partial charge in [-0.15, -0.1) is 11.3 Å². The smallest absolute Gasteiger partial charge is 0.191 e. The quantitative estimate of drug-likeness (QED) is 0.509. The van der Waals surface area contributed by atoms with Gasteiger partial charge in [0.15, 0.2) is 5.96 Å². The maximum Gasteiger partial charge on any atom is 0.191 e. The summed E-state index contributed by atoms with van der Waals surface area (Å²) in [6.07, 6.45) is 6.19. The van der Waals surface area contributed by atoms with Gasteiger partial charge in [0, 0.05) is 24.9 Å². The van der Waals surface area contributed by atoms with Crippen LogP contribution in [0.3, 0.4) is 0 Å². The Morgan fingerprint density at radius 1 is 1.33 bits per heavy atom. The Morgan fingerprint density at radius 3 is 2.85 bits per heavy atom. The predicted octanol–water partition coefficient (Wildman–Crippen LogP) is 3.23. The van der Waals surface area contributed by atoms with Gasteiger partial charge in [-0.2, -0.15) is 0 Å². The standard InChI is InChI=1S/C20H31N5OS/c1-3-19-24-16(15-27-19)9-10-22-20(21-4-2)23-14-17(18-8-7-13-26-18)25-11-5-6-12-25/h7-8,13,15,17H,3-6,9-12,14H2,1-2H3,(H2,21,22,23). The van der Waals surface area contributed by atoms with Crippen LogP contribution < -0.4 is 10.6 Å². The average molecular weight is 390 g/mol. The SMILES string of the molecule is CCNC(=NCC(c1ccco1)N1CCCC1)NCCc1csc(CC)n1. The van der Waals surface area contributed by atoms with Crippen molar-refractivity contribution < 1.29 is 4.42 Å². The van der Waals surface area contributed by atoms with Gasteiger partial charge in [0.05, 0.1) is 29.6 Å². The van der Waals surface area contributed by atoms with Crippen molar-refractivity contribution in [1.29, 1.82) is 0 Å². The van der Waals surface area contributed by atoms with Crippen molar-refractivity contribution in [2.75, 3.05) is 32.7 Å². The maximum atomic E-state index is 5.69. The molecule has 3 rings (SSSR count). The molecule has 1 unspecified atom stereocenters. The van der Waals surface area contributed by atoms with Gasteiger partial charge in [0.25, 0.3) is 0 Å². The van der Waals surface area contributed by atoms with Gasteiger partial charge < -0.3 is 15.1 Å². The van der Waals surface area contributed by atoms with Crippen LogP contribution in [0, 0.1) is 0 Å². The normalized spacial score (nSPS) is 16.6. The van der Waals surface area contributed by atoms with Gasteiger partial charge in [-0.1, -0.05) is 6.92 Å². The van der Waals surface area contributed by atoms with Crippen molar-refractivity contribution in [1.82, 2.24) is 20.5 Å². The topological polar surface area (TPSA) is 65.7 Å². The van der Waals surface area contributed by atoms with Crippen LogP contribution in [0.4, 0.5) is 0 Å². The Morgan fingerprint density at radius 2 is 2.19 bits per heavy atom. The van der Waals surface area contributed by atoms with Crippen molar-refractivity contribution in [3.63, 3.8) is 0 Å². The molecule has 0 spiro atoms. The number of aromatic nitrogens is 1. The zero-order valence-corrected chi connectivity index (χ0v) is 17.2. The van der Waals surface area contributed by atoms with Crippen LogP contribution >= 0.6 is 11.3 Å². The van der Waals surface area contributed by atoms with E-state index in [0.29, 0.717) is 6.54 Å². The molecular formula is C20H31N5OS. The molecule has 27 heavy (non-hydrogen) atoms. The molecule has 0 amide bonds. The fourth-order valence-corrected chi connectivity index (χ4v) is 4.15. The average Bonchev–Trinajstić information content (AvgIpc) is 3.44. The lowest BCUT2D eigenvalue weighted by Gasteiger charge is -2.24. The number of aliphatic imine (C=N–C) groups is 1. The number of nitrogens with one attached hydrogen (secondary N) is 2. The molecule has 1 aliphatic heterocycles. The Labute approximate surface area is 166 Å². The lowest BCUT2D eigenvalue weighted by Crippen LogP contribution is -2.39. The number of nitrogens with zero attached hydrogens (tertiary/aromatic N) is 3. The van der Waals surface area contributed by atoms with E-state index >= 15 is 0 Å². The van der Waals surface area contributed by atoms with E-state index in [1.807, 2.05) is 6.07 Å². The van der Waals surface area contributed by atoms with E-state index in [4.69, 9.17) is 9.41 Å². The van der Waals surface area contributed by atoms with Gasteiger partial charge in [-0.05, 0) is 51.4 Å². The summed E-state index contributed by atoms with van der Waals surface area (Å²) in [5.74, 6) is 1.87. The molecule has 148 valence electrons. The van der Waals surface area contributed by atoms with Crippen molar-refractivity contribution >= 4 is 17.3 Å². The molecule has 0 aliphatic carbocycles. The van der Waals surface area contributed by atoms with E-state index in [-0.39, 0.29) is 6.04 Å². The largest absolute Gasteiger partial charge is 0.468 e. The zero-order chi connectivity index (χ0) is 18.9. The molecule has 1 atom stereocenters. The second kappa shape index (κ2) is 10.5. The molecule has 0 radical (unpaired) electrons. The number of rotatable bonds is 9. The third-order valence-corrected chi connectivity index (χ3v) is 5.84. The van der Waals surface area contributed by atoms with Crippen LogP contribution in [0.25, 0.3) is 0 Å². The Hall–Kier alpha value is -1.86. The number of hydrogen-bond donors (Lipinski definition) is 2. The minimum Gasteiger partial charge on any atom is -0.468 e. The fourth-order valence-electron chi connectivity index (χ4n) is 3.37. The molecule has 3 heterocycles. The first-order chi connectivity index (χ1) is 13.3. The molecule has 0 saturated carbocycles. The summed E-state index contributed by atoms with van der Waals surface area (Å²) >= 11 is 1.74. The third kappa shape index (κ3) is 5.81. The van der Waals surface area contributed by atoms with Crippen LogP contribution in [0.1, 0.15) is 49.2 Å². The fraction of sp³-hybridized carbons (Fsp3) is 0.600. The van der Waals surface area contributed by atoms with Crippen molar-refractivity contribution in [3.05, 3.63) is 40.2 Å². The van der Waals surface area contributed by atoms with E-state index in [9.17, 15) is 0 Å². The van der Waals surface area contributed by atoms with Crippen LogP contribution in [0.5, 0.6) is 0 Å². The molecule has 2 aromatic heterocycles. The predicted molar refractivity (Wildman–Crippen MR) is 111 cm³/mol. The number of thiazole rings is 1. The Balaban J connectivity index is 1.57. The highest BCUT2D eigenvalue weighted by molar-refractivity contribution is 7.09. The van der Waals surface area contributed by atoms with Gasteiger partial charge in [-0.25, -0.2) is 4.98 Å². The maximum absolute atomic E-state index is 5.69. The van der Waals surface area contributed by atoms with Crippen molar-refractivity contribution in [2.24, 2.45) is 4.99 Å². The molecule has 1 aliphatic rings. The van der Waals surface area contributed by atoms with Crippen LogP contribution in [0.2, 0.25) is 0 Å². The van der Waals surface area contributed by atoms with Crippen molar-refractivity contribution in [3.8, 4) is 0 Å². The lowest BCUT2D eigenvalue weighted by molar-refractivity contribution is 0.221. The van der Waals surface area contributed by atoms with E-state index < -0.39 is 0 Å². The van der Waals surface area contributed by atoms with E-state index in [1.54, 1.807) is 17.6 Å². The first-order valence-corrected chi connectivity index (χ1v) is 10.9. The molecule has 1 saturated heterocycles. The summed E-state index contributed by atoms with van der Waals surface area (Å²) in [5.41, 5.74) is 1.16. The van der Waals surface area contributed by atoms with E-state index in [2.05, 4.69) is 45.8 Å². The van der Waals surface area contributed by atoms with Crippen LogP contribution in [0.15, 0.2) is 33.2 Å². The number of likely N-dealkylation sites (tertiary alicyclic amines) is 1. The van der Waals surface area contributed by atoms with Crippen molar-refractivity contribution in [2.45, 2.75) is 45.6 Å². The second-order valence-corrected chi connectivity index (χ2v) is 7.70. The summed E-state index contributed by atoms with van der Waals surface area (Å²) in [4.78, 5) is 12.0. The lowest BCUT2D eigenvalue weighted by atomic mass is 10.2. The molecule has 6 nitrogen and oxygen atoms in total. The van der Waals surface area contributed by atoms with Gasteiger partial charge >= 0.3 is 0 Å². The molecule has 0 bridgehead atoms. The number of aryl methyl sites for hydroxylation is 1. The highest BCUT2D eigenvalue weighted by Gasteiger charge is 2.25. The highest BCUT2D eigenvalue weighted by atomic mass is 32.1. The van der Waals surface area contributed by atoms with Gasteiger partial charge in [0.1, 0.15) is 5.76 Å². The second-order valence-electron chi connectivity index (χ2n) is 6.76. The van der Waals surface area contributed by atoms with Crippen LogP contribution in [-0.2, 0) is 12.8 Å². The number of guanidine groups is 1. The molecule has 2 aromatic rings. The summed E-state index contributed by atoms with van der Waals surface area (Å²) in [7, 11) is 0. The monoisotopic (exact) mass is 389 g/mol. The summed E-state index contributed by atoms with van der Waals surface area (Å²) in [6.45, 7) is 8.84. The molecule has 2 N–H and O–H groups in total. The highest BCUT2D eigenvalue weighted by Crippen LogP contribution is 2.25. The van der Waals surface area contributed by atoms with Crippen LogP contribution in [-0.4, -0.2) is 48.6 Å². The number of hydrogen-bond acceptors (Lipinski definition) is 5. The summed E-state index contributed by atoms with van der Waals surface area (Å²) < 4.78 is 5.69. The third-order valence-electron chi connectivity index (χ3n) is 4.79. The van der Waals surface area contributed by atoms with E-state index in [0.717, 1.165) is 56.4 Å². The van der Waals surface area contributed by atoms with Gasteiger partial charge in [-0.3, -0.25) is 9.89 Å². The Bertz CT molecular complexity index is 691.